The summed E-state index contributed by atoms with van der Waals surface area (Å²) in [5.41, 5.74) is 11.0. The van der Waals surface area contributed by atoms with E-state index in [0.29, 0.717) is 0 Å². The van der Waals surface area contributed by atoms with E-state index in [0.717, 1.165) is 13.1 Å². The third-order valence-corrected chi connectivity index (χ3v) is 4.16. The quantitative estimate of drug-likeness (QED) is 0.363. The molecule has 0 aromatic heterocycles. The van der Waals surface area contributed by atoms with Crippen LogP contribution in [0.2, 0.25) is 0 Å². The van der Waals surface area contributed by atoms with Crippen LogP contribution in [-0.4, -0.2) is 13.1 Å². The molecule has 0 saturated heterocycles. The third-order valence-electron chi connectivity index (χ3n) is 4.16. The summed E-state index contributed by atoms with van der Waals surface area (Å²) in [4.78, 5) is 0. The minimum Gasteiger partial charge on any atom is -0.330 e. The van der Waals surface area contributed by atoms with Gasteiger partial charge in [0.1, 0.15) is 0 Å². The van der Waals surface area contributed by atoms with Gasteiger partial charge in [-0.05, 0) is 25.9 Å². The van der Waals surface area contributed by atoms with E-state index in [2.05, 4.69) is 0 Å². The van der Waals surface area contributed by atoms with E-state index in [1.54, 1.807) is 0 Å². The van der Waals surface area contributed by atoms with Gasteiger partial charge in [0.2, 0.25) is 0 Å². The maximum atomic E-state index is 5.48. The molecule has 0 heterocycles. The van der Waals surface area contributed by atoms with Gasteiger partial charge in [0.15, 0.2) is 0 Å². The fourth-order valence-electron chi connectivity index (χ4n) is 2.76. The second kappa shape index (κ2) is 18.9. The lowest BCUT2D eigenvalue weighted by Crippen LogP contribution is -1.97. The molecule has 0 fully saturated rings. The highest BCUT2D eigenvalue weighted by atomic mass is 14.5. The van der Waals surface area contributed by atoms with E-state index in [1.165, 1.54) is 103 Å². The lowest BCUT2D eigenvalue weighted by atomic mass is 10.0. The van der Waals surface area contributed by atoms with Gasteiger partial charge in [-0.15, -0.1) is 0 Å². The molecule has 0 bridgehead atoms. The van der Waals surface area contributed by atoms with Crippen molar-refractivity contribution in [1.29, 1.82) is 0 Å². The molecule has 0 saturated carbocycles. The number of hydrogen-bond donors (Lipinski definition) is 2. The van der Waals surface area contributed by atoms with Gasteiger partial charge in [0.05, 0.1) is 0 Å². The monoisotopic (exact) mass is 284 g/mol. The highest BCUT2D eigenvalue weighted by Gasteiger charge is 1.94. The Labute approximate surface area is 128 Å². The van der Waals surface area contributed by atoms with Crippen molar-refractivity contribution in [3.63, 3.8) is 0 Å². The van der Waals surface area contributed by atoms with Crippen LogP contribution < -0.4 is 11.5 Å². The summed E-state index contributed by atoms with van der Waals surface area (Å²) in [5, 5.41) is 0. The van der Waals surface area contributed by atoms with E-state index in [9.17, 15) is 0 Å². The SMILES string of the molecule is NCCCCCCCCCCCCCCCCCCN. The van der Waals surface area contributed by atoms with E-state index in [1.807, 2.05) is 0 Å². The van der Waals surface area contributed by atoms with Crippen LogP contribution in [0.5, 0.6) is 0 Å². The Kier molecular flexibility index (Phi) is 18.8. The molecule has 0 atom stereocenters. The number of hydrogen-bond acceptors (Lipinski definition) is 2. The normalized spacial score (nSPS) is 11.1. The van der Waals surface area contributed by atoms with Crippen molar-refractivity contribution < 1.29 is 0 Å². The highest BCUT2D eigenvalue weighted by Crippen LogP contribution is 2.13. The van der Waals surface area contributed by atoms with Crippen molar-refractivity contribution in [2.24, 2.45) is 11.5 Å². The molecular formula is C18H40N2. The molecule has 4 N–H and O–H groups in total. The van der Waals surface area contributed by atoms with Gasteiger partial charge >= 0.3 is 0 Å². The van der Waals surface area contributed by atoms with Gasteiger partial charge in [-0.25, -0.2) is 0 Å². The lowest BCUT2D eigenvalue weighted by molar-refractivity contribution is 0.529. The average molecular weight is 285 g/mol. The maximum Gasteiger partial charge on any atom is -0.00773 e. The van der Waals surface area contributed by atoms with Crippen LogP contribution in [0.25, 0.3) is 0 Å². The Hall–Kier alpha value is -0.0800. The van der Waals surface area contributed by atoms with Crippen molar-refractivity contribution in [3.05, 3.63) is 0 Å². The zero-order valence-electron chi connectivity index (χ0n) is 13.9. The minimum atomic E-state index is 0.868. The minimum absolute atomic E-state index is 0.868. The average Bonchev–Trinajstić information content (AvgIpc) is 2.47. The Balaban J connectivity index is 2.89. The summed E-state index contributed by atoms with van der Waals surface area (Å²) in [6.07, 6.45) is 22.3. The van der Waals surface area contributed by atoms with Gasteiger partial charge in [-0.2, -0.15) is 0 Å². The van der Waals surface area contributed by atoms with Crippen LogP contribution in [0.3, 0.4) is 0 Å². The molecule has 2 heteroatoms. The zero-order chi connectivity index (χ0) is 14.7. The van der Waals surface area contributed by atoms with E-state index in [-0.39, 0.29) is 0 Å². The van der Waals surface area contributed by atoms with Gasteiger partial charge in [-0.3, -0.25) is 0 Å². The molecule has 0 radical (unpaired) electrons. The molecule has 0 amide bonds. The predicted octanol–water partition coefficient (Wildman–Crippen LogP) is 5.15. The van der Waals surface area contributed by atoms with E-state index < -0.39 is 0 Å². The summed E-state index contributed by atoms with van der Waals surface area (Å²) in [6.45, 7) is 1.74. The van der Waals surface area contributed by atoms with Crippen molar-refractivity contribution >= 4 is 0 Å². The predicted molar refractivity (Wildman–Crippen MR) is 92.0 cm³/mol. The van der Waals surface area contributed by atoms with Crippen LogP contribution >= 0.6 is 0 Å². The van der Waals surface area contributed by atoms with Gasteiger partial charge in [0, 0.05) is 0 Å². The molecule has 0 aliphatic heterocycles. The molecule has 122 valence electrons. The summed E-state index contributed by atoms with van der Waals surface area (Å²) in [5.74, 6) is 0. The number of nitrogens with two attached hydrogens (primary N) is 2. The smallest absolute Gasteiger partial charge is 0.00773 e. The van der Waals surface area contributed by atoms with Gasteiger partial charge < -0.3 is 11.5 Å². The largest absolute Gasteiger partial charge is 0.330 e. The Morgan fingerprint density at radius 2 is 0.400 bits per heavy atom. The van der Waals surface area contributed by atoms with E-state index >= 15 is 0 Å². The van der Waals surface area contributed by atoms with Crippen LogP contribution in [0.1, 0.15) is 103 Å². The van der Waals surface area contributed by atoms with Crippen molar-refractivity contribution in [1.82, 2.24) is 0 Å². The van der Waals surface area contributed by atoms with Crippen LogP contribution in [-0.2, 0) is 0 Å². The Morgan fingerprint density at radius 3 is 0.550 bits per heavy atom. The molecule has 20 heavy (non-hydrogen) atoms. The topological polar surface area (TPSA) is 52.0 Å². The molecule has 0 aromatic carbocycles. The summed E-state index contributed by atoms with van der Waals surface area (Å²) in [7, 11) is 0. The lowest BCUT2D eigenvalue weighted by Gasteiger charge is -2.03. The Morgan fingerprint density at radius 1 is 0.250 bits per heavy atom. The third kappa shape index (κ3) is 17.9. The first-order valence-corrected chi connectivity index (χ1v) is 9.32. The first-order chi connectivity index (χ1) is 9.91. The second-order valence-corrected chi connectivity index (χ2v) is 6.23. The second-order valence-electron chi connectivity index (χ2n) is 6.23. The van der Waals surface area contributed by atoms with Gasteiger partial charge in [-0.1, -0.05) is 89.9 Å². The van der Waals surface area contributed by atoms with Crippen LogP contribution in [0.15, 0.2) is 0 Å². The molecule has 0 aromatic rings. The Bertz CT molecular complexity index is 141. The maximum absolute atomic E-state index is 5.48. The molecule has 0 aliphatic rings. The standard InChI is InChI=1S/C18H40N2/c19-17-15-13-11-9-7-5-3-1-2-4-6-8-10-12-14-16-18-20/h1-20H2. The van der Waals surface area contributed by atoms with Crippen molar-refractivity contribution in [2.45, 2.75) is 103 Å². The fourth-order valence-corrected chi connectivity index (χ4v) is 2.76. The molecular weight excluding hydrogens is 244 g/mol. The fraction of sp³-hybridized carbons (Fsp3) is 1.00. The van der Waals surface area contributed by atoms with Crippen LogP contribution in [0, 0.1) is 0 Å². The summed E-state index contributed by atoms with van der Waals surface area (Å²) in [6, 6.07) is 0. The molecule has 0 spiro atoms. The molecule has 0 unspecified atom stereocenters. The number of unbranched alkanes of at least 4 members (excludes halogenated alkanes) is 15. The molecule has 0 aliphatic carbocycles. The van der Waals surface area contributed by atoms with Crippen LogP contribution in [0.4, 0.5) is 0 Å². The summed E-state index contributed by atoms with van der Waals surface area (Å²) >= 11 is 0. The molecule has 2 nitrogen and oxygen atoms in total. The van der Waals surface area contributed by atoms with E-state index in [4.69, 9.17) is 11.5 Å². The van der Waals surface area contributed by atoms with Gasteiger partial charge in [0.25, 0.3) is 0 Å². The number of rotatable bonds is 17. The summed E-state index contributed by atoms with van der Waals surface area (Å²) < 4.78 is 0. The highest BCUT2D eigenvalue weighted by molar-refractivity contribution is 4.50. The first kappa shape index (κ1) is 19.9. The van der Waals surface area contributed by atoms with Crippen molar-refractivity contribution in [2.75, 3.05) is 13.1 Å². The first-order valence-electron chi connectivity index (χ1n) is 9.32. The molecule has 0 rings (SSSR count). The zero-order valence-corrected chi connectivity index (χ0v) is 13.9. The van der Waals surface area contributed by atoms with Crippen molar-refractivity contribution in [3.8, 4) is 0 Å².